The predicted octanol–water partition coefficient (Wildman–Crippen LogP) is 4.68. The molecule has 0 fully saturated rings. The summed E-state index contributed by atoms with van der Waals surface area (Å²) in [7, 11) is 0. The molecule has 1 N–H and O–H groups in total. The topological polar surface area (TPSA) is 80.8 Å². The van der Waals surface area contributed by atoms with Gasteiger partial charge < -0.3 is 14.8 Å². The fourth-order valence-electron chi connectivity index (χ4n) is 2.34. The zero-order chi connectivity index (χ0) is 21.4. The number of pyridine rings is 1. The molecule has 28 heavy (non-hydrogen) atoms. The first-order valence-electron chi connectivity index (χ1n) is 9.77. The van der Waals surface area contributed by atoms with Crippen molar-refractivity contribution in [2.24, 2.45) is 0 Å². The molecular weight excluding hydrogens is 358 g/mol. The highest BCUT2D eigenvalue weighted by atomic mass is 16.6. The van der Waals surface area contributed by atoms with Gasteiger partial charge in [-0.3, -0.25) is 4.98 Å². The lowest BCUT2D eigenvalue weighted by atomic mass is 10.2. The molecule has 0 aromatic carbocycles. The number of unbranched alkanes of at least 4 members (excludes halogenated alkanes) is 1. The van der Waals surface area contributed by atoms with Crippen molar-refractivity contribution in [2.75, 3.05) is 13.1 Å². The van der Waals surface area contributed by atoms with E-state index in [4.69, 9.17) is 9.47 Å². The maximum Gasteiger partial charge on any atom is 0.419 e. The first-order valence-corrected chi connectivity index (χ1v) is 9.77. The molecule has 7 heteroatoms. The highest BCUT2D eigenvalue weighted by molar-refractivity contribution is 5.88. The smallest absolute Gasteiger partial charge is 0.419 e. The summed E-state index contributed by atoms with van der Waals surface area (Å²) in [5.41, 5.74) is -0.389. The Bertz CT molecular complexity index is 593. The van der Waals surface area contributed by atoms with Crippen molar-refractivity contribution in [1.82, 2.24) is 15.2 Å². The summed E-state index contributed by atoms with van der Waals surface area (Å²) in [5, 5.41) is 3.39. The predicted molar refractivity (Wildman–Crippen MR) is 109 cm³/mol. The van der Waals surface area contributed by atoms with Crippen LogP contribution in [0.1, 0.15) is 73.0 Å². The van der Waals surface area contributed by atoms with E-state index in [1.165, 1.54) is 0 Å². The number of aromatic nitrogens is 1. The van der Waals surface area contributed by atoms with Gasteiger partial charge in [-0.25, -0.2) is 14.5 Å². The average molecular weight is 394 g/mol. The number of nitrogens with one attached hydrogen (secondary N) is 1. The molecule has 0 saturated carbocycles. The van der Waals surface area contributed by atoms with Gasteiger partial charge in [0.25, 0.3) is 0 Å². The summed E-state index contributed by atoms with van der Waals surface area (Å²) >= 11 is 0. The van der Waals surface area contributed by atoms with Gasteiger partial charge >= 0.3 is 12.2 Å². The minimum atomic E-state index is -0.684. The van der Waals surface area contributed by atoms with E-state index < -0.39 is 23.4 Å². The van der Waals surface area contributed by atoms with Gasteiger partial charge in [-0.05, 0) is 80.0 Å². The van der Waals surface area contributed by atoms with Gasteiger partial charge in [-0.15, -0.1) is 0 Å². The van der Waals surface area contributed by atoms with E-state index in [1.54, 1.807) is 47.7 Å². The minimum absolute atomic E-state index is 0.133. The van der Waals surface area contributed by atoms with Gasteiger partial charge in [-0.1, -0.05) is 6.07 Å². The van der Waals surface area contributed by atoms with Crippen LogP contribution >= 0.6 is 0 Å². The normalized spacial score (nSPS) is 13.0. The van der Waals surface area contributed by atoms with Crippen LogP contribution in [0.3, 0.4) is 0 Å². The molecule has 158 valence electrons. The van der Waals surface area contributed by atoms with Crippen molar-refractivity contribution >= 4 is 12.2 Å². The molecule has 1 heterocycles. The average Bonchev–Trinajstić information content (AvgIpc) is 2.55. The number of amides is 2. The Hall–Kier alpha value is -2.15. The number of imide groups is 1. The van der Waals surface area contributed by atoms with E-state index >= 15 is 0 Å². The first kappa shape index (κ1) is 23.9. The minimum Gasteiger partial charge on any atom is -0.443 e. The molecule has 1 atom stereocenters. The Kier molecular flexibility index (Phi) is 8.88. The lowest BCUT2D eigenvalue weighted by Gasteiger charge is -2.28. The Labute approximate surface area is 168 Å². The number of hydrogen-bond acceptors (Lipinski definition) is 6. The van der Waals surface area contributed by atoms with Crippen molar-refractivity contribution in [2.45, 2.75) is 78.6 Å². The Morgan fingerprint density at radius 3 is 2.07 bits per heavy atom. The van der Waals surface area contributed by atoms with E-state index in [-0.39, 0.29) is 12.6 Å². The van der Waals surface area contributed by atoms with Crippen molar-refractivity contribution in [3.63, 3.8) is 0 Å². The zero-order valence-corrected chi connectivity index (χ0v) is 18.2. The van der Waals surface area contributed by atoms with Gasteiger partial charge in [0.2, 0.25) is 0 Å². The second kappa shape index (κ2) is 10.4. The third-order valence-corrected chi connectivity index (χ3v) is 3.62. The Morgan fingerprint density at radius 1 is 1.04 bits per heavy atom. The molecule has 1 aromatic rings. The maximum absolute atomic E-state index is 12.4. The summed E-state index contributed by atoms with van der Waals surface area (Å²) in [4.78, 5) is 30.2. The molecule has 0 bridgehead atoms. The van der Waals surface area contributed by atoms with Crippen LogP contribution in [0.2, 0.25) is 0 Å². The quantitative estimate of drug-likeness (QED) is 0.677. The second-order valence-corrected chi connectivity index (χ2v) is 8.75. The molecule has 0 aliphatic rings. The largest absolute Gasteiger partial charge is 0.443 e. The van der Waals surface area contributed by atoms with E-state index in [0.29, 0.717) is 6.42 Å². The third-order valence-electron chi connectivity index (χ3n) is 3.62. The van der Waals surface area contributed by atoms with Crippen LogP contribution in [-0.4, -0.2) is 46.4 Å². The highest BCUT2D eigenvalue weighted by Crippen LogP contribution is 2.15. The SMILES string of the molecule is C[C@H](NCCCCN(C(=O)OC(C)(C)C)C(=O)OC(C)(C)C)c1ccccn1. The van der Waals surface area contributed by atoms with E-state index in [1.807, 2.05) is 18.2 Å². The molecule has 2 amide bonds. The summed E-state index contributed by atoms with van der Waals surface area (Å²) in [6, 6.07) is 5.96. The number of rotatable bonds is 7. The highest BCUT2D eigenvalue weighted by Gasteiger charge is 2.30. The molecule has 0 aliphatic heterocycles. The molecule has 1 rings (SSSR count). The molecule has 0 aliphatic carbocycles. The zero-order valence-electron chi connectivity index (χ0n) is 18.2. The van der Waals surface area contributed by atoms with Crippen molar-refractivity contribution in [3.05, 3.63) is 30.1 Å². The van der Waals surface area contributed by atoms with Crippen molar-refractivity contribution in [1.29, 1.82) is 0 Å². The first-order chi connectivity index (χ1) is 12.9. The van der Waals surface area contributed by atoms with Gasteiger partial charge in [0.1, 0.15) is 11.2 Å². The summed E-state index contributed by atoms with van der Waals surface area (Å²) in [6.07, 6.45) is 1.83. The number of carbonyl (C=O) groups excluding carboxylic acids is 2. The Balaban J connectivity index is 2.54. The number of ether oxygens (including phenoxy) is 2. The van der Waals surface area contributed by atoms with Gasteiger partial charge in [0.15, 0.2) is 0 Å². The molecule has 0 saturated heterocycles. The van der Waals surface area contributed by atoms with Crippen LogP contribution in [0.4, 0.5) is 9.59 Å². The van der Waals surface area contributed by atoms with Crippen LogP contribution in [0.25, 0.3) is 0 Å². The van der Waals surface area contributed by atoms with Crippen LogP contribution in [0.5, 0.6) is 0 Å². The van der Waals surface area contributed by atoms with E-state index in [0.717, 1.165) is 23.6 Å². The molecule has 1 aromatic heterocycles. The number of carbonyl (C=O) groups is 2. The summed E-state index contributed by atoms with van der Waals surface area (Å²) in [5.74, 6) is 0. The van der Waals surface area contributed by atoms with Crippen LogP contribution in [0.15, 0.2) is 24.4 Å². The maximum atomic E-state index is 12.4. The molecule has 7 nitrogen and oxygen atoms in total. The fraction of sp³-hybridized carbons (Fsp3) is 0.667. The summed E-state index contributed by atoms with van der Waals surface area (Å²) < 4.78 is 10.7. The third kappa shape index (κ3) is 9.69. The van der Waals surface area contributed by atoms with Gasteiger partial charge in [-0.2, -0.15) is 0 Å². The molecule has 0 spiro atoms. The monoisotopic (exact) mass is 393 g/mol. The molecule has 0 unspecified atom stereocenters. The van der Waals surface area contributed by atoms with Crippen molar-refractivity contribution < 1.29 is 19.1 Å². The van der Waals surface area contributed by atoms with Crippen LogP contribution in [-0.2, 0) is 9.47 Å². The lowest BCUT2D eigenvalue weighted by molar-refractivity contribution is 0.00120. The number of nitrogens with zero attached hydrogens (tertiary/aromatic N) is 2. The van der Waals surface area contributed by atoms with Crippen LogP contribution in [0, 0.1) is 0 Å². The summed E-state index contributed by atoms with van der Waals surface area (Å²) in [6.45, 7) is 13.6. The van der Waals surface area contributed by atoms with E-state index in [9.17, 15) is 9.59 Å². The van der Waals surface area contributed by atoms with Gasteiger partial charge in [0, 0.05) is 18.8 Å². The molecule has 0 radical (unpaired) electrons. The standard InChI is InChI=1S/C21H35N3O4/c1-16(17-12-8-9-14-23-17)22-13-10-11-15-24(18(25)27-20(2,3)4)19(26)28-21(5,6)7/h8-9,12,14,16,22H,10-11,13,15H2,1-7H3/t16-/m0/s1. The number of hydrogen-bond donors (Lipinski definition) is 1. The van der Waals surface area contributed by atoms with Crippen molar-refractivity contribution in [3.8, 4) is 0 Å². The van der Waals surface area contributed by atoms with Crippen LogP contribution < -0.4 is 5.32 Å². The second-order valence-electron chi connectivity index (χ2n) is 8.75. The van der Waals surface area contributed by atoms with E-state index in [2.05, 4.69) is 17.2 Å². The molecular formula is C21H35N3O4. The fourth-order valence-corrected chi connectivity index (χ4v) is 2.34. The Morgan fingerprint density at radius 2 is 1.61 bits per heavy atom. The van der Waals surface area contributed by atoms with Gasteiger partial charge in [0.05, 0.1) is 5.69 Å². The lowest BCUT2D eigenvalue weighted by Crippen LogP contribution is -2.44.